The Hall–Kier alpha value is -2.44. The quantitative estimate of drug-likeness (QED) is 0.370. The molecule has 7 rings (SSSR count). The number of amides is 1. The lowest BCUT2D eigenvalue weighted by atomic mass is 9.63. The van der Waals surface area contributed by atoms with Crippen LogP contribution in [0.1, 0.15) is 73.9 Å². The summed E-state index contributed by atoms with van der Waals surface area (Å²) in [4.78, 5) is 18.4. The molecular weight excluding hydrogens is 706 g/mol. The maximum Gasteiger partial charge on any atom is 0.264 e. The number of sulfonamides is 1. The number of fused-ring (bicyclic) bond motifs is 2. The van der Waals surface area contributed by atoms with Gasteiger partial charge in [-0.1, -0.05) is 50.1 Å². The minimum absolute atomic E-state index is 0.0534. The molecule has 2 aromatic rings. The van der Waals surface area contributed by atoms with Gasteiger partial charge in [-0.3, -0.25) is 13.9 Å². The summed E-state index contributed by atoms with van der Waals surface area (Å²) >= 11 is 6.47. The number of carbonyl (C=O) groups excluding carboxylic acids is 1. The van der Waals surface area contributed by atoms with Crippen molar-refractivity contribution in [1.82, 2.24) is 9.62 Å². The summed E-state index contributed by atoms with van der Waals surface area (Å²) < 4.78 is 54.5. The zero-order chi connectivity index (χ0) is 36.1. The molecule has 3 fully saturated rings. The summed E-state index contributed by atoms with van der Waals surface area (Å²) in [7, 11) is -2.84. The number of ether oxygens (including phenoxy) is 2. The Morgan fingerprint density at radius 3 is 2.57 bits per heavy atom. The van der Waals surface area contributed by atoms with Crippen LogP contribution in [-0.2, 0) is 32.0 Å². The number of hydrogen-bond donors (Lipinski definition) is 1. The van der Waals surface area contributed by atoms with Crippen LogP contribution in [0.15, 0.2) is 48.6 Å². The number of hydrogen-bond acceptors (Lipinski definition) is 8. The fraction of sp³-hybridized carbons (Fsp3) is 0.615. The van der Waals surface area contributed by atoms with E-state index < -0.39 is 37.6 Å². The number of carbonyl (C=O) groups is 1. The molecule has 278 valence electrons. The fourth-order valence-corrected chi connectivity index (χ4v) is 12.3. The minimum Gasteiger partial charge on any atom is -0.491 e. The molecule has 9 nitrogen and oxygen atoms in total. The largest absolute Gasteiger partial charge is 0.491 e. The third-order valence-electron chi connectivity index (χ3n) is 12.3. The highest BCUT2D eigenvalue weighted by atomic mass is 35.5. The van der Waals surface area contributed by atoms with Crippen molar-refractivity contribution in [2.24, 2.45) is 23.2 Å². The third-order valence-corrected chi connectivity index (χ3v) is 16.4. The molecule has 4 aliphatic heterocycles. The summed E-state index contributed by atoms with van der Waals surface area (Å²) in [5.74, 6) is 2.00. The van der Waals surface area contributed by atoms with Crippen LogP contribution >= 0.6 is 11.6 Å². The Labute approximate surface area is 311 Å². The van der Waals surface area contributed by atoms with Crippen LogP contribution in [0.2, 0.25) is 5.02 Å². The molecule has 51 heavy (non-hydrogen) atoms. The number of anilines is 1. The number of methoxy groups -OCH3 is 1. The Morgan fingerprint density at radius 2 is 1.88 bits per heavy atom. The maximum absolute atomic E-state index is 13.5. The van der Waals surface area contributed by atoms with Crippen LogP contribution in [0.25, 0.3) is 0 Å². The fourth-order valence-electron chi connectivity index (χ4n) is 9.19. The summed E-state index contributed by atoms with van der Waals surface area (Å²) in [6.07, 6.45) is 8.83. The molecule has 1 amide bonds. The lowest BCUT2D eigenvalue weighted by Gasteiger charge is -2.58. The Morgan fingerprint density at radius 1 is 1.10 bits per heavy atom. The highest BCUT2D eigenvalue weighted by molar-refractivity contribution is 7.90. The smallest absolute Gasteiger partial charge is 0.264 e. The van der Waals surface area contributed by atoms with E-state index in [9.17, 15) is 17.4 Å². The van der Waals surface area contributed by atoms with Gasteiger partial charge in [0.2, 0.25) is 10.0 Å². The first kappa shape index (κ1) is 36.9. The average molecular weight is 758 g/mol. The van der Waals surface area contributed by atoms with Crippen molar-refractivity contribution in [2.75, 3.05) is 62.8 Å². The van der Waals surface area contributed by atoms with E-state index in [2.05, 4.69) is 45.7 Å². The van der Waals surface area contributed by atoms with Gasteiger partial charge in [0, 0.05) is 84.1 Å². The van der Waals surface area contributed by atoms with E-state index in [1.54, 1.807) is 19.1 Å². The van der Waals surface area contributed by atoms with Crippen LogP contribution in [-0.4, -0.2) is 92.2 Å². The second-order valence-corrected chi connectivity index (χ2v) is 19.9. The second-order valence-electron chi connectivity index (χ2n) is 16.0. The van der Waals surface area contributed by atoms with E-state index in [-0.39, 0.29) is 28.7 Å². The first-order valence-electron chi connectivity index (χ1n) is 18.5. The Bertz CT molecular complexity index is 1800. The van der Waals surface area contributed by atoms with E-state index >= 15 is 0 Å². The molecule has 0 aromatic heterocycles. The van der Waals surface area contributed by atoms with Crippen molar-refractivity contribution in [2.45, 2.75) is 69.6 Å². The van der Waals surface area contributed by atoms with Gasteiger partial charge in [-0.05, 0) is 91.8 Å². The van der Waals surface area contributed by atoms with Gasteiger partial charge >= 0.3 is 0 Å². The van der Waals surface area contributed by atoms with Crippen LogP contribution in [0.5, 0.6) is 5.75 Å². The standard InChI is InChI=1S/C39H52ClN3O6S2/c1-5-7-28-16-32(40)11-12-33(28)31-19-43-18-30-9-13-34(30)39(48-4,23-42-21-38(22-42)24-50(45)25-38)15-6-8-26(2)27(3)51(46,47)41-37(44)29-10-14-36(49-20-31)35(43)17-29/h6,10-12,14-17,26-27,30-31,34H,5,7-9,13,18-25H2,1-4H3,(H,41,44)/b15-6+. The van der Waals surface area contributed by atoms with Crippen LogP contribution in [0, 0.1) is 23.2 Å². The molecule has 2 bridgehead atoms. The molecule has 0 radical (unpaired) electrons. The summed E-state index contributed by atoms with van der Waals surface area (Å²) in [5, 5.41) is -0.0699. The third kappa shape index (κ3) is 7.27. The lowest BCUT2D eigenvalue weighted by Crippen LogP contribution is -2.69. The number of nitrogens with zero attached hydrogens (tertiary/aromatic N) is 2. The maximum atomic E-state index is 13.5. The molecule has 4 heterocycles. The minimum atomic E-state index is -3.96. The van der Waals surface area contributed by atoms with Crippen molar-refractivity contribution in [3.05, 3.63) is 70.3 Å². The van der Waals surface area contributed by atoms with E-state index in [4.69, 9.17) is 21.1 Å². The van der Waals surface area contributed by atoms with Crippen molar-refractivity contribution in [1.29, 1.82) is 0 Å². The molecule has 1 N–H and O–H groups in total. The van der Waals surface area contributed by atoms with Gasteiger partial charge < -0.3 is 14.4 Å². The van der Waals surface area contributed by atoms with Gasteiger partial charge in [0.1, 0.15) is 11.4 Å². The van der Waals surface area contributed by atoms with Gasteiger partial charge in [-0.2, -0.15) is 0 Å². The second kappa shape index (κ2) is 14.4. The molecule has 6 atom stereocenters. The van der Waals surface area contributed by atoms with Gasteiger partial charge in [0.15, 0.2) is 0 Å². The lowest BCUT2D eigenvalue weighted by molar-refractivity contribution is -0.115. The van der Waals surface area contributed by atoms with E-state index in [0.29, 0.717) is 31.2 Å². The van der Waals surface area contributed by atoms with Crippen molar-refractivity contribution >= 4 is 44.0 Å². The highest BCUT2D eigenvalue weighted by Gasteiger charge is 2.55. The van der Waals surface area contributed by atoms with E-state index in [1.165, 1.54) is 11.1 Å². The number of nitrogens with one attached hydrogen (secondary N) is 1. The van der Waals surface area contributed by atoms with Gasteiger partial charge in [-0.15, -0.1) is 0 Å². The first-order valence-corrected chi connectivity index (χ1v) is 21.9. The Balaban J connectivity index is 1.26. The molecule has 1 spiro atoms. The number of halogens is 1. The average Bonchev–Trinajstić information content (AvgIpc) is 3.23. The molecule has 1 saturated carbocycles. The predicted octanol–water partition coefficient (Wildman–Crippen LogP) is 5.79. The zero-order valence-electron chi connectivity index (χ0n) is 30.2. The van der Waals surface area contributed by atoms with Crippen LogP contribution in [0.4, 0.5) is 5.69 Å². The SMILES string of the molecule is CCCc1cc(Cl)ccc1C1COc2ccc3cc2N(C1)CC1CCC1C(CN1CC2(C1)CS(=O)C2)(OC)/C=C/CC(C)C(C)S(=O)(=O)NC3=O. The van der Waals surface area contributed by atoms with Crippen LogP contribution < -0.4 is 14.4 Å². The predicted molar refractivity (Wildman–Crippen MR) is 204 cm³/mol. The number of aryl methyl sites for hydroxylation is 1. The molecule has 2 aromatic carbocycles. The molecule has 2 saturated heterocycles. The van der Waals surface area contributed by atoms with Crippen molar-refractivity contribution in [3.63, 3.8) is 0 Å². The summed E-state index contributed by atoms with van der Waals surface area (Å²) in [6.45, 7) is 10.3. The summed E-state index contributed by atoms with van der Waals surface area (Å²) in [5.41, 5.74) is 3.15. The molecule has 5 aliphatic rings. The number of likely N-dealkylation sites (tertiary alicyclic amines) is 1. The van der Waals surface area contributed by atoms with Crippen LogP contribution in [0.3, 0.4) is 0 Å². The number of benzene rings is 2. The molecule has 12 heteroatoms. The monoisotopic (exact) mass is 757 g/mol. The Kier molecular flexibility index (Phi) is 10.4. The van der Waals surface area contributed by atoms with E-state index in [0.717, 1.165) is 74.1 Å². The summed E-state index contributed by atoms with van der Waals surface area (Å²) in [6, 6.07) is 11.4. The normalized spacial score (nSPS) is 32.7. The molecule has 6 unspecified atom stereocenters. The first-order chi connectivity index (χ1) is 24.3. The van der Waals surface area contributed by atoms with Gasteiger partial charge in [0.05, 0.1) is 17.5 Å². The zero-order valence-corrected chi connectivity index (χ0v) is 32.6. The molecule has 1 aliphatic carbocycles. The number of rotatable bonds is 6. The molecular formula is C39H52ClN3O6S2. The van der Waals surface area contributed by atoms with Gasteiger partial charge in [-0.25, -0.2) is 13.1 Å². The number of allylic oxidation sites excluding steroid dienone is 1. The van der Waals surface area contributed by atoms with Crippen molar-refractivity contribution in [3.8, 4) is 5.75 Å². The van der Waals surface area contributed by atoms with E-state index in [1.807, 2.05) is 26.2 Å². The highest BCUT2D eigenvalue weighted by Crippen LogP contribution is 2.49. The van der Waals surface area contributed by atoms with Gasteiger partial charge in [0.25, 0.3) is 5.91 Å². The topological polar surface area (TPSA) is 105 Å². The van der Waals surface area contributed by atoms with Crippen molar-refractivity contribution < 1.29 is 26.9 Å².